The van der Waals surface area contributed by atoms with E-state index < -0.39 is 0 Å². The number of esters is 1. The van der Waals surface area contributed by atoms with Crippen LogP contribution in [0.4, 0.5) is 0 Å². The minimum absolute atomic E-state index is 0.0323. The minimum Gasteiger partial charge on any atom is -0.465 e. The van der Waals surface area contributed by atoms with Crippen LogP contribution in [-0.2, 0) is 4.74 Å². The van der Waals surface area contributed by atoms with Crippen molar-refractivity contribution in [1.82, 2.24) is 4.90 Å². The molecule has 17 heavy (non-hydrogen) atoms. The van der Waals surface area contributed by atoms with Crippen molar-refractivity contribution in [2.75, 3.05) is 20.2 Å². The molecule has 0 atom stereocenters. The molecule has 0 saturated carbocycles. The standard InChI is InChI=1S/C12H15NO3S/c1-16-12(15)10-6-5-9(17-10)11(14)13-7-3-2-4-8-13/h5-6H,2-4,7-8H2,1H3. The fraction of sp³-hybridized carbons (Fsp3) is 0.500. The van der Waals surface area contributed by atoms with Crippen LogP contribution in [-0.4, -0.2) is 37.0 Å². The van der Waals surface area contributed by atoms with Gasteiger partial charge in [-0.25, -0.2) is 4.79 Å². The number of carbonyl (C=O) groups is 2. The van der Waals surface area contributed by atoms with E-state index in [1.165, 1.54) is 24.9 Å². The van der Waals surface area contributed by atoms with Crippen molar-refractivity contribution in [2.45, 2.75) is 19.3 Å². The number of nitrogens with zero attached hydrogens (tertiary/aromatic N) is 1. The van der Waals surface area contributed by atoms with Gasteiger partial charge in [-0.15, -0.1) is 11.3 Å². The molecule has 1 aliphatic heterocycles. The Labute approximate surface area is 104 Å². The maximum atomic E-state index is 12.1. The molecule has 4 nitrogen and oxygen atoms in total. The normalized spacial score (nSPS) is 15.7. The third kappa shape index (κ3) is 2.66. The molecule has 2 rings (SSSR count). The van der Waals surface area contributed by atoms with E-state index in [1.807, 2.05) is 4.90 Å². The lowest BCUT2D eigenvalue weighted by molar-refractivity contribution is 0.0606. The summed E-state index contributed by atoms with van der Waals surface area (Å²) >= 11 is 1.20. The number of carbonyl (C=O) groups excluding carboxylic acids is 2. The van der Waals surface area contributed by atoms with E-state index in [-0.39, 0.29) is 11.9 Å². The van der Waals surface area contributed by atoms with Crippen molar-refractivity contribution < 1.29 is 14.3 Å². The molecule has 0 N–H and O–H groups in total. The van der Waals surface area contributed by atoms with Gasteiger partial charge >= 0.3 is 5.97 Å². The zero-order valence-electron chi connectivity index (χ0n) is 9.77. The Bertz CT molecular complexity index is 421. The Morgan fingerprint density at radius 3 is 2.47 bits per heavy atom. The molecule has 0 radical (unpaired) electrons. The van der Waals surface area contributed by atoms with Crippen LogP contribution in [0.25, 0.3) is 0 Å². The van der Waals surface area contributed by atoms with Crippen molar-refractivity contribution in [3.8, 4) is 0 Å². The molecule has 0 spiro atoms. The Kier molecular flexibility index (Phi) is 3.78. The van der Waals surface area contributed by atoms with Crippen LogP contribution in [0.15, 0.2) is 12.1 Å². The predicted molar refractivity (Wildman–Crippen MR) is 65.4 cm³/mol. The lowest BCUT2D eigenvalue weighted by atomic mass is 10.1. The second-order valence-corrected chi connectivity index (χ2v) is 5.09. The van der Waals surface area contributed by atoms with Gasteiger partial charge in [-0.2, -0.15) is 0 Å². The molecule has 1 saturated heterocycles. The molecule has 2 heterocycles. The number of piperidine rings is 1. The first-order valence-corrected chi connectivity index (χ1v) is 6.51. The van der Waals surface area contributed by atoms with Crippen LogP contribution in [0, 0.1) is 0 Å². The van der Waals surface area contributed by atoms with E-state index in [1.54, 1.807) is 12.1 Å². The summed E-state index contributed by atoms with van der Waals surface area (Å²) in [6.45, 7) is 1.65. The quantitative estimate of drug-likeness (QED) is 0.759. The summed E-state index contributed by atoms with van der Waals surface area (Å²) < 4.78 is 4.62. The molecule has 1 aliphatic rings. The lowest BCUT2D eigenvalue weighted by Crippen LogP contribution is -2.35. The molecule has 1 aromatic rings. The molecule has 1 aromatic heterocycles. The zero-order chi connectivity index (χ0) is 12.3. The molecule has 0 unspecified atom stereocenters. The van der Waals surface area contributed by atoms with Crippen molar-refractivity contribution in [3.05, 3.63) is 21.9 Å². The van der Waals surface area contributed by atoms with Crippen LogP contribution < -0.4 is 0 Å². The van der Waals surface area contributed by atoms with E-state index in [0.717, 1.165) is 25.9 Å². The fourth-order valence-electron chi connectivity index (χ4n) is 1.92. The largest absolute Gasteiger partial charge is 0.465 e. The number of likely N-dealkylation sites (tertiary alicyclic amines) is 1. The van der Waals surface area contributed by atoms with Gasteiger partial charge in [-0.1, -0.05) is 0 Å². The van der Waals surface area contributed by atoms with E-state index in [4.69, 9.17) is 0 Å². The minimum atomic E-state index is -0.382. The van der Waals surface area contributed by atoms with E-state index in [2.05, 4.69) is 4.74 Å². The smallest absolute Gasteiger partial charge is 0.348 e. The van der Waals surface area contributed by atoms with Gasteiger partial charge in [0, 0.05) is 13.1 Å². The van der Waals surface area contributed by atoms with Crippen LogP contribution in [0.3, 0.4) is 0 Å². The van der Waals surface area contributed by atoms with Crippen molar-refractivity contribution in [3.63, 3.8) is 0 Å². The molecule has 5 heteroatoms. The summed E-state index contributed by atoms with van der Waals surface area (Å²) in [6, 6.07) is 3.35. The SMILES string of the molecule is COC(=O)c1ccc(C(=O)N2CCCCC2)s1. The topological polar surface area (TPSA) is 46.6 Å². The number of hydrogen-bond donors (Lipinski definition) is 0. The summed E-state index contributed by atoms with van der Waals surface area (Å²) in [5, 5.41) is 0. The number of thiophene rings is 1. The fourth-order valence-corrected chi connectivity index (χ4v) is 2.81. The number of ether oxygens (including phenoxy) is 1. The molecule has 0 aromatic carbocycles. The van der Waals surface area contributed by atoms with Gasteiger partial charge in [0.2, 0.25) is 0 Å². The molecular weight excluding hydrogens is 238 g/mol. The number of amides is 1. The van der Waals surface area contributed by atoms with Crippen LogP contribution in [0.2, 0.25) is 0 Å². The Morgan fingerprint density at radius 2 is 1.82 bits per heavy atom. The Balaban J connectivity index is 2.08. The number of hydrogen-bond acceptors (Lipinski definition) is 4. The van der Waals surface area contributed by atoms with Gasteiger partial charge in [0.1, 0.15) is 4.88 Å². The molecule has 1 fully saturated rings. The van der Waals surface area contributed by atoms with Gasteiger partial charge in [-0.3, -0.25) is 4.79 Å². The molecule has 0 bridgehead atoms. The molecule has 0 aliphatic carbocycles. The maximum Gasteiger partial charge on any atom is 0.348 e. The maximum absolute atomic E-state index is 12.1. The first-order chi connectivity index (χ1) is 8.22. The van der Waals surface area contributed by atoms with Crippen LogP contribution >= 0.6 is 11.3 Å². The summed E-state index contributed by atoms with van der Waals surface area (Å²) in [7, 11) is 1.34. The van der Waals surface area contributed by atoms with Gasteiger partial charge in [0.15, 0.2) is 0 Å². The predicted octanol–water partition coefficient (Wildman–Crippen LogP) is 2.16. The van der Waals surface area contributed by atoms with E-state index in [9.17, 15) is 9.59 Å². The van der Waals surface area contributed by atoms with E-state index in [0.29, 0.717) is 9.75 Å². The van der Waals surface area contributed by atoms with Gasteiger partial charge in [0.25, 0.3) is 5.91 Å². The highest BCUT2D eigenvalue weighted by atomic mass is 32.1. The van der Waals surface area contributed by atoms with Gasteiger partial charge in [0.05, 0.1) is 12.0 Å². The lowest BCUT2D eigenvalue weighted by Gasteiger charge is -2.26. The average molecular weight is 253 g/mol. The summed E-state index contributed by atoms with van der Waals surface area (Å²) in [5.74, 6) is -0.349. The number of rotatable bonds is 2. The summed E-state index contributed by atoms with van der Waals surface area (Å²) in [5.41, 5.74) is 0. The third-order valence-electron chi connectivity index (χ3n) is 2.85. The second-order valence-electron chi connectivity index (χ2n) is 4.01. The first kappa shape index (κ1) is 12.1. The van der Waals surface area contributed by atoms with Crippen LogP contribution in [0.1, 0.15) is 38.6 Å². The summed E-state index contributed by atoms with van der Waals surface area (Å²) in [4.78, 5) is 26.4. The molecule has 92 valence electrons. The highest BCUT2D eigenvalue weighted by Crippen LogP contribution is 2.21. The highest BCUT2D eigenvalue weighted by Gasteiger charge is 2.20. The monoisotopic (exact) mass is 253 g/mol. The Morgan fingerprint density at radius 1 is 1.18 bits per heavy atom. The second kappa shape index (κ2) is 5.31. The average Bonchev–Trinajstić information content (AvgIpc) is 2.87. The molecular formula is C12H15NO3S. The highest BCUT2D eigenvalue weighted by molar-refractivity contribution is 7.15. The number of methoxy groups -OCH3 is 1. The molecule has 1 amide bonds. The van der Waals surface area contributed by atoms with Crippen molar-refractivity contribution in [1.29, 1.82) is 0 Å². The third-order valence-corrected chi connectivity index (χ3v) is 3.90. The van der Waals surface area contributed by atoms with Gasteiger partial charge in [-0.05, 0) is 31.4 Å². The van der Waals surface area contributed by atoms with Crippen LogP contribution in [0.5, 0.6) is 0 Å². The van der Waals surface area contributed by atoms with Crippen molar-refractivity contribution in [2.24, 2.45) is 0 Å². The van der Waals surface area contributed by atoms with E-state index >= 15 is 0 Å². The first-order valence-electron chi connectivity index (χ1n) is 5.70. The van der Waals surface area contributed by atoms with Crippen molar-refractivity contribution >= 4 is 23.2 Å². The zero-order valence-corrected chi connectivity index (χ0v) is 10.6. The Hall–Kier alpha value is -1.36. The summed E-state index contributed by atoms with van der Waals surface area (Å²) in [6.07, 6.45) is 3.34. The van der Waals surface area contributed by atoms with Gasteiger partial charge < -0.3 is 9.64 Å².